The van der Waals surface area contributed by atoms with Crippen LogP contribution in [0.2, 0.25) is 0 Å². The summed E-state index contributed by atoms with van der Waals surface area (Å²) < 4.78 is -1.61. The topological polar surface area (TPSA) is 95.5 Å². The van der Waals surface area contributed by atoms with Gasteiger partial charge in [-0.05, 0) is 0 Å². The van der Waals surface area contributed by atoms with Crippen LogP contribution in [0, 0.1) is 15.0 Å². The van der Waals surface area contributed by atoms with E-state index in [0.717, 1.165) is 0 Å². The predicted octanol–water partition coefficient (Wildman–Crippen LogP) is 4.33. The third-order valence-electron chi connectivity index (χ3n) is 4.61. The van der Waals surface area contributed by atoms with Crippen molar-refractivity contribution in [3.63, 3.8) is 0 Å². The first-order chi connectivity index (χ1) is 12.7. The van der Waals surface area contributed by atoms with E-state index in [9.17, 15) is 15.0 Å². The highest BCUT2D eigenvalue weighted by molar-refractivity contribution is 6.68. The van der Waals surface area contributed by atoms with Crippen molar-refractivity contribution >= 4 is 57.6 Å². The Morgan fingerprint density at radius 1 is 1.00 bits per heavy atom. The Morgan fingerprint density at radius 3 is 1.89 bits per heavy atom. The second kappa shape index (κ2) is 7.21. The Bertz CT molecular complexity index is 811. The molecule has 2 aromatic rings. The van der Waals surface area contributed by atoms with Crippen LogP contribution in [0.5, 0.6) is 0 Å². The highest BCUT2D eigenvalue weighted by Gasteiger charge is 2.55. The molecular weight excluding hydrogens is 419 g/mol. The molecule has 2 N–H and O–H groups in total. The molecular formula is C16H15Cl3N4O4+2. The maximum Gasteiger partial charge on any atom is 0.317 e. The van der Waals surface area contributed by atoms with E-state index in [4.69, 9.17) is 40.0 Å². The van der Waals surface area contributed by atoms with E-state index < -0.39 is 14.9 Å². The third kappa shape index (κ3) is 3.59. The van der Waals surface area contributed by atoms with E-state index in [2.05, 4.69) is 5.32 Å². The smallest absolute Gasteiger partial charge is 0.258 e. The van der Waals surface area contributed by atoms with Crippen molar-refractivity contribution < 1.29 is 15.1 Å². The molecule has 0 radical (unpaired) electrons. The molecule has 0 aliphatic carbocycles. The Labute approximate surface area is 169 Å². The van der Waals surface area contributed by atoms with Gasteiger partial charge in [0.2, 0.25) is 6.17 Å². The molecule has 0 spiro atoms. The third-order valence-corrected chi connectivity index (χ3v) is 5.23. The van der Waals surface area contributed by atoms with Gasteiger partial charge in [0.25, 0.3) is 14.4 Å². The van der Waals surface area contributed by atoms with Crippen molar-refractivity contribution in [2.45, 2.75) is 9.96 Å². The Morgan fingerprint density at radius 2 is 1.48 bits per heavy atom. The van der Waals surface area contributed by atoms with Gasteiger partial charge in [0.1, 0.15) is 17.9 Å². The number of nitrogens with zero attached hydrogens (tertiary/aromatic N) is 3. The fourth-order valence-electron chi connectivity index (χ4n) is 3.42. The summed E-state index contributed by atoms with van der Waals surface area (Å²) >= 11 is 18.7. The summed E-state index contributed by atoms with van der Waals surface area (Å²) in [5, 5.41) is 23.2. The summed E-state index contributed by atoms with van der Waals surface area (Å²) in [5.41, 5.74) is 1.37. The van der Waals surface area contributed by atoms with E-state index in [0.29, 0.717) is 24.5 Å². The van der Waals surface area contributed by atoms with Crippen LogP contribution in [0.4, 0.5) is 22.7 Å². The number of alkyl halides is 3. The fourth-order valence-corrected chi connectivity index (χ4v) is 4.15. The van der Waals surface area contributed by atoms with E-state index in [-0.39, 0.29) is 20.8 Å². The molecule has 0 saturated carbocycles. The van der Waals surface area contributed by atoms with Crippen molar-refractivity contribution in [3.05, 3.63) is 63.6 Å². The van der Waals surface area contributed by atoms with Crippen LogP contribution in [0.3, 0.4) is 0 Å². The molecule has 1 aliphatic heterocycles. The summed E-state index contributed by atoms with van der Waals surface area (Å²) in [5.74, 6) is 0. The first kappa shape index (κ1) is 19.8. The SMILES string of the molecule is O=[N+]([O-])c1ccc([N+]2(c3ccc([N+](=O)O)cc3)CCNC2C(Cl)(Cl)Cl)cc1. The van der Waals surface area contributed by atoms with Crippen molar-refractivity contribution in [2.24, 2.45) is 0 Å². The molecule has 0 amide bonds. The molecule has 0 aromatic heterocycles. The largest absolute Gasteiger partial charge is 0.317 e. The van der Waals surface area contributed by atoms with E-state index in [1.165, 1.54) is 24.3 Å². The van der Waals surface area contributed by atoms with Crippen LogP contribution in [0.25, 0.3) is 0 Å². The second-order valence-corrected chi connectivity index (χ2v) is 8.42. The number of benzene rings is 2. The highest BCUT2D eigenvalue weighted by atomic mass is 35.6. The molecule has 2 unspecified atom stereocenters. The Kier molecular flexibility index (Phi) is 5.29. The highest BCUT2D eigenvalue weighted by Crippen LogP contribution is 2.47. The summed E-state index contributed by atoms with van der Waals surface area (Å²) in [7, 11) is 0. The molecule has 27 heavy (non-hydrogen) atoms. The van der Waals surface area contributed by atoms with Crippen molar-refractivity contribution in [2.75, 3.05) is 13.1 Å². The summed E-state index contributed by atoms with van der Waals surface area (Å²) in [4.78, 5) is 21.3. The zero-order chi connectivity index (χ0) is 19.8. The minimum Gasteiger partial charge on any atom is -0.258 e. The second-order valence-electron chi connectivity index (χ2n) is 6.05. The van der Waals surface area contributed by atoms with Crippen LogP contribution in [-0.4, -0.2) is 38.1 Å². The summed E-state index contributed by atoms with van der Waals surface area (Å²) in [6.45, 7) is 1.04. The first-order valence-electron chi connectivity index (χ1n) is 7.86. The monoisotopic (exact) mass is 432 g/mol. The minimum absolute atomic E-state index is 0.0490. The standard InChI is InChI=1S/C16H15Cl3N4O4/c17-16(18,19)15-20-9-10-23(15,13-5-1-11(2-6-13)21(24)25)14-7-3-12(4-8-14)22(26)27/h1-8,15,20H,9-10H2,(H,24,25)/q+2. The Hall–Kier alpha value is -1.97. The number of hydrogen-bond acceptors (Lipinski definition) is 4. The lowest BCUT2D eigenvalue weighted by atomic mass is 10.1. The zero-order valence-electron chi connectivity index (χ0n) is 13.8. The van der Waals surface area contributed by atoms with Gasteiger partial charge < -0.3 is 0 Å². The summed E-state index contributed by atoms with van der Waals surface area (Å²) in [6.07, 6.45) is -0.674. The lowest BCUT2D eigenvalue weighted by Crippen LogP contribution is -2.58. The van der Waals surface area contributed by atoms with Crippen LogP contribution in [0.1, 0.15) is 0 Å². The van der Waals surface area contributed by atoms with E-state index in [1.54, 1.807) is 24.3 Å². The van der Waals surface area contributed by atoms with Crippen LogP contribution >= 0.6 is 34.8 Å². The van der Waals surface area contributed by atoms with Gasteiger partial charge in [-0.3, -0.25) is 15.4 Å². The van der Waals surface area contributed by atoms with Gasteiger partial charge in [-0.1, -0.05) is 34.8 Å². The molecule has 11 heteroatoms. The van der Waals surface area contributed by atoms with Gasteiger partial charge >= 0.3 is 5.69 Å². The van der Waals surface area contributed by atoms with Gasteiger partial charge in [-0.25, -0.2) is 9.69 Å². The lowest BCUT2D eigenvalue weighted by Gasteiger charge is -2.40. The molecule has 142 valence electrons. The van der Waals surface area contributed by atoms with Crippen molar-refractivity contribution in [1.82, 2.24) is 9.80 Å². The van der Waals surface area contributed by atoms with Gasteiger partial charge in [0, 0.05) is 48.5 Å². The number of halogens is 3. The molecule has 1 saturated heterocycles. The van der Waals surface area contributed by atoms with Crippen molar-refractivity contribution in [1.29, 1.82) is 0 Å². The van der Waals surface area contributed by atoms with Gasteiger partial charge in [-0.15, -0.1) is 0 Å². The summed E-state index contributed by atoms with van der Waals surface area (Å²) in [6, 6.07) is 12.2. The maximum absolute atomic E-state index is 11.1. The number of non-ortho nitro benzene ring substituents is 1. The molecule has 3 rings (SSSR count). The minimum atomic E-state index is -1.68. The van der Waals surface area contributed by atoms with Crippen LogP contribution in [0.15, 0.2) is 48.5 Å². The van der Waals surface area contributed by atoms with Gasteiger partial charge in [0.05, 0.1) is 16.4 Å². The molecule has 1 aliphatic rings. The lowest BCUT2D eigenvalue weighted by molar-refractivity contribution is -0.729. The first-order valence-corrected chi connectivity index (χ1v) is 8.99. The maximum atomic E-state index is 11.1. The molecule has 2 atom stereocenters. The average molecular weight is 434 g/mol. The van der Waals surface area contributed by atoms with E-state index in [1.807, 2.05) is 0 Å². The van der Waals surface area contributed by atoms with E-state index >= 15 is 0 Å². The molecule has 1 fully saturated rings. The number of quaternary nitrogens is 1. The Balaban J connectivity index is 2.17. The number of nitro benzene ring substituents is 1. The normalized spacial score (nSPS) is 22.6. The number of nitro groups is 1. The van der Waals surface area contributed by atoms with Crippen LogP contribution < -0.4 is 9.80 Å². The van der Waals surface area contributed by atoms with Crippen molar-refractivity contribution in [3.8, 4) is 0 Å². The molecule has 2 aromatic carbocycles. The molecule has 0 bridgehead atoms. The zero-order valence-corrected chi connectivity index (χ0v) is 16.0. The quantitative estimate of drug-likeness (QED) is 0.324. The number of rotatable bonds is 4. The predicted molar refractivity (Wildman–Crippen MR) is 103 cm³/mol. The average Bonchev–Trinajstić information content (AvgIpc) is 3.08. The van der Waals surface area contributed by atoms with Crippen LogP contribution in [-0.2, 0) is 0 Å². The number of nitrogens with one attached hydrogen (secondary N) is 1. The molecule has 1 heterocycles. The van der Waals surface area contributed by atoms with Gasteiger partial charge in [-0.2, -0.15) is 0 Å². The fraction of sp³-hybridized carbons (Fsp3) is 0.250. The van der Waals surface area contributed by atoms with Gasteiger partial charge in [0.15, 0.2) is 0 Å². The molecule has 8 nitrogen and oxygen atoms in total. The number of hydrogen-bond donors (Lipinski definition) is 2.